The van der Waals surface area contributed by atoms with Gasteiger partial charge in [0.15, 0.2) is 0 Å². The third-order valence-corrected chi connectivity index (χ3v) is 1.68. The van der Waals surface area contributed by atoms with E-state index in [2.05, 4.69) is 6.58 Å². The number of carbonyl (C=O) groups is 2. The molecule has 80 valence electrons. The summed E-state index contributed by atoms with van der Waals surface area (Å²) in [4.78, 5) is 23.3. The van der Waals surface area contributed by atoms with Crippen LogP contribution in [0.15, 0.2) is 12.7 Å². The molecule has 0 radical (unpaired) electrons. The normalized spacial score (nSPS) is 9.29. The maximum atomic E-state index is 11.1. The van der Waals surface area contributed by atoms with E-state index in [-0.39, 0.29) is 18.4 Å². The first kappa shape index (κ1) is 12.7. The van der Waals surface area contributed by atoms with Gasteiger partial charge >= 0.3 is 5.97 Å². The highest BCUT2D eigenvalue weighted by atomic mass is 16.5. The first-order valence-corrected chi connectivity index (χ1v) is 4.65. The van der Waals surface area contributed by atoms with Gasteiger partial charge in [-0.25, -0.2) is 0 Å². The van der Waals surface area contributed by atoms with E-state index < -0.39 is 0 Å². The quantitative estimate of drug-likeness (QED) is 0.364. The molecule has 0 fully saturated rings. The highest BCUT2D eigenvalue weighted by Gasteiger charge is 2.10. The van der Waals surface area contributed by atoms with E-state index in [4.69, 9.17) is 4.74 Å². The number of rotatable bonds is 6. The third kappa shape index (κ3) is 5.35. The Morgan fingerprint density at radius 3 is 2.64 bits per heavy atom. The van der Waals surface area contributed by atoms with Crippen LogP contribution in [-0.2, 0) is 14.3 Å². The predicted molar refractivity (Wildman–Crippen MR) is 53.7 cm³/mol. The first-order chi connectivity index (χ1) is 6.61. The number of hydrogen-bond donors (Lipinski definition) is 0. The van der Waals surface area contributed by atoms with Gasteiger partial charge in [0.25, 0.3) is 0 Å². The maximum Gasteiger partial charge on any atom is 0.325 e. The van der Waals surface area contributed by atoms with Gasteiger partial charge in [-0.2, -0.15) is 0 Å². The minimum atomic E-state index is -0.379. The topological polar surface area (TPSA) is 46.6 Å². The first-order valence-electron chi connectivity index (χ1n) is 4.65. The fourth-order valence-electron chi connectivity index (χ4n) is 0.803. The Bertz CT molecular complexity index is 213. The molecular weight excluding hydrogens is 182 g/mol. The molecule has 0 unspecified atom stereocenters. The summed E-state index contributed by atoms with van der Waals surface area (Å²) in [6, 6.07) is 0. The molecule has 0 heterocycles. The number of likely N-dealkylation sites (N-methyl/N-ethyl adjacent to an activating group) is 1. The molecule has 0 aliphatic heterocycles. The van der Waals surface area contributed by atoms with Crippen molar-refractivity contribution in [3.8, 4) is 0 Å². The van der Waals surface area contributed by atoms with E-state index in [1.165, 1.54) is 18.0 Å². The SMILES string of the molecule is C=CC(=O)N(C)CC(=O)OCCCC. The zero-order chi connectivity index (χ0) is 11.0. The fourth-order valence-corrected chi connectivity index (χ4v) is 0.803. The number of unbranched alkanes of at least 4 members (excludes halogenated alkanes) is 1. The van der Waals surface area contributed by atoms with Crippen molar-refractivity contribution in [3.05, 3.63) is 12.7 Å². The van der Waals surface area contributed by atoms with Gasteiger partial charge in [-0.3, -0.25) is 9.59 Å². The van der Waals surface area contributed by atoms with Crippen LogP contribution in [0.5, 0.6) is 0 Å². The van der Waals surface area contributed by atoms with Crippen LogP contribution >= 0.6 is 0 Å². The molecule has 0 aromatic heterocycles. The van der Waals surface area contributed by atoms with Gasteiger partial charge in [-0.05, 0) is 12.5 Å². The van der Waals surface area contributed by atoms with Gasteiger partial charge in [0.2, 0.25) is 5.91 Å². The maximum absolute atomic E-state index is 11.1. The molecule has 0 bridgehead atoms. The van der Waals surface area contributed by atoms with Gasteiger partial charge in [0.05, 0.1) is 6.61 Å². The Balaban J connectivity index is 3.71. The van der Waals surface area contributed by atoms with Crippen LogP contribution in [0.1, 0.15) is 19.8 Å². The zero-order valence-electron chi connectivity index (χ0n) is 8.78. The van der Waals surface area contributed by atoms with Gasteiger partial charge in [0.1, 0.15) is 6.54 Å². The molecule has 0 spiro atoms. The van der Waals surface area contributed by atoms with Crippen LogP contribution in [0, 0.1) is 0 Å². The fraction of sp³-hybridized carbons (Fsp3) is 0.600. The van der Waals surface area contributed by atoms with Gasteiger partial charge in [-0.1, -0.05) is 19.9 Å². The average molecular weight is 199 g/mol. The highest BCUT2D eigenvalue weighted by Crippen LogP contribution is 1.91. The Labute approximate surface area is 84.5 Å². The second-order valence-electron chi connectivity index (χ2n) is 2.97. The number of amides is 1. The van der Waals surface area contributed by atoms with Crippen LogP contribution in [-0.4, -0.2) is 37.0 Å². The molecule has 0 aliphatic rings. The summed E-state index contributed by atoms with van der Waals surface area (Å²) in [5.41, 5.74) is 0. The monoisotopic (exact) mass is 199 g/mol. The standard InChI is InChI=1S/C10H17NO3/c1-4-6-7-14-10(13)8-11(3)9(12)5-2/h5H,2,4,6-8H2,1,3H3. The van der Waals surface area contributed by atoms with Crippen LogP contribution in [0.25, 0.3) is 0 Å². The molecule has 0 aromatic carbocycles. The van der Waals surface area contributed by atoms with Crippen molar-refractivity contribution in [1.82, 2.24) is 4.90 Å². The summed E-state index contributed by atoms with van der Waals surface area (Å²) < 4.78 is 4.88. The summed E-state index contributed by atoms with van der Waals surface area (Å²) in [5, 5.41) is 0. The van der Waals surface area contributed by atoms with Crippen LogP contribution in [0.2, 0.25) is 0 Å². The van der Waals surface area contributed by atoms with E-state index in [0.29, 0.717) is 6.61 Å². The molecule has 0 saturated carbocycles. The minimum absolute atomic E-state index is 0.0193. The van der Waals surface area contributed by atoms with Crippen molar-refractivity contribution in [2.24, 2.45) is 0 Å². The number of hydrogen-bond acceptors (Lipinski definition) is 3. The van der Waals surface area contributed by atoms with Crippen molar-refractivity contribution in [1.29, 1.82) is 0 Å². The zero-order valence-corrected chi connectivity index (χ0v) is 8.78. The second-order valence-corrected chi connectivity index (χ2v) is 2.97. The summed E-state index contributed by atoms with van der Waals surface area (Å²) in [6.45, 7) is 5.74. The van der Waals surface area contributed by atoms with Crippen molar-refractivity contribution in [3.63, 3.8) is 0 Å². The summed E-state index contributed by atoms with van der Waals surface area (Å²) >= 11 is 0. The van der Waals surface area contributed by atoms with E-state index in [1.54, 1.807) is 0 Å². The number of esters is 1. The molecule has 1 amide bonds. The molecule has 0 aromatic rings. The lowest BCUT2D eigenvalue weighted by Gasteiger charge is -2.13. The number of carbonyl (C=O) groups excluding carboxylic acids is 2. The second kappa shape index (κ2) is 7.12. The van der Waals surface area contributed by atoms with Crippen LogP contribution in [0.3, 0.4) is 0 Å². The van der Waals surface area contributed by atoms with Crippen molar-refractivity contribution in [2.75, 3.05) is 20.2 Å². The highest BCUT2D eigenvalue weighted by molar-refractivity contribution is 5.89. The summed E-state index contributed by atoms with van der Waals surface area (Å²) in [5.74, 6) is -0.659. The lowest BCUT2D eigenvalue weighted by molar-refractivity contribution is -0.147. The van der Waals surface area contributed by atoms with E-state index >= 15 is 0 Å². The Morgan fingerprint density at radius 1 is 1.50 bits per heavy atom. The summed E-state index contributed by atoms with van der Waals surface area (Å²) in [6.07, 6.45) is 3.00. The molecule has 0 N–H and O–H groups in total. The van der Waals surface area contributed by atoms with Gasteiger partial charge in [0, 0.05) is 7.05 Å². The smallest absolute Gasteiger partial charge is 0.325 e. The molecule has 0 saturated heterocycles. The molecule has 14 heavy (non-hydrogen) atoms. The van der Waals surface area contributed by atoms with E-state index in [1.807, 2.05) is 6.92 Å². The Hall–Kier alpha value is -1.32. The Kier molecular flexibility index (Phi) is 6.45. The number of nitrogens with zero attached hydrogens (tertiary/aromatic N) is 1. The van der Waals surface area contributed by atoms with Crippen LogP contribution in [0.4, 0.5) is 0 Å². The van der Waals surface area contributed by atoms with Crippen LogP contribution < -0.4 is 0 Å². The molecule has 0 rings (SSSR count). The van der Waals surface area contributed by atoms with E-state index in [9.17, 15) is 9.59 Å². The molecule has 0 aliphatic carbocycles. The molecule has 0 atom stereocenters. The van der Waals surface area contributed by atoms with Crippen molar-refractivity contribution >= 4 is 11.9 Å². The van der Waals surface area contributed by atoms with Gasteiger partial charge in [-0.15, -0.1) is 0 Å². The lowest BCUT2D eigenvalue weighted by Crippen LogP contribution is -2.31. The predicted octanol–water partition coefficient (Wildman–Crippen LogP) is 0.974. The number of ether oxygens (including phenoxy) is 1. The third-order valence-electron chi connectivity index (χ3n) is 1.68. The molecular formula is C10H17NO3. The van der Waals surface area contributed by atoms with Crippen molar-refractivity contribution < 1.29 is 14.3 Å². The van der Waals surface area contributed by atoms with Crippen molar-refractivity contribution in [2.45, 2.75) is 19.8 Å². The van der Waals surface area contributed by atoms with E-state index in [0.717, 1.165) is 12.8 Å². The molecule has 4 nitrogen and oxygen atoms in total. The average Bonchev–Trinajstić information content (AvgIpc) is 2.16. The largest absolute Gasteiger partial charge is 0.464 e. The lowest BCUT2D eigenvalue weighted by atomic mass is 10.4. The van der Waals surface area contributed by atoms with Gasteiger partial charge < -0.3 is 9.64 Å². The summed E-state index contributed by atoms with van der Waals surface area (Å²) in [7, 11) is 1.53. The minimum Gasteiger partial charge on any atom is -0.464 e. The Morgan fingerprint density at radius 2 is 2.14 bits per heavy atom. The molecule has 4 heteroatoms.